The molecule has 9 nitrogen and oxygen atoms in total. The Labute approximate surface area is 168 Å². The molecule has 0 atom stereocenters. The Kier molecular flexibility index (Phi) is 7.94. The van der Waals surface area contributed by atoms with Crippen molar-refractivity contribution >= 4 is 12.1 Å². The number of carbonyl (C=O) groups is 1. The smallest absolute Gasteiger partial charge is 0.278 e. The van der Waals surface area contributed by atoms with Crippen LogP contribution >= 0.6 is 0 Å². The number of ether oxygens (including phenoxy) is 3. The highest BCUT2D eigenvalue weighted by atomic mass is 16.5. The fraction of sp³-hybridized carbons (Fsp3) is 0.300. The summed E-state index contributed by atoms with van der Waals surface area (Å²) in [5, 5.41) is 22.9. The molecule has 0 aliphatic rings. The Balaban J connectivity index is 1.98. The van der Waals surface area contributed by atoms with Crippen LogP contribution < -0.4 is 14.9 Å². The molecule has 0 spiro atoms. The number of rotatable bonds is 9. The van der Waals surface area contributed by atoms with Crippen LogP contribution in [0.4, 0.5) is 0 Å². The van der Waals surface area contributed by atoms with Crippen LogP contribution in [0, 0.1) is 18.3 Å². The van der Waals surface area contributed by atoms with Gasteiger partial charge in [0, 0.05) is 18.4 Å². The van der Waals surface area contributed by atoms with Crippen LogP contribution in [0.25, 0.3) is 0 Å². The molecule has 0 aliphatic carbocycles. The van der Waals surface area contributed by atoms with Gasteiger partial charge in [-0.3, -0.25) is 4.79 Å². The molecule has 2 N–H and O–H groups in total. The molecule has 2 aromatic rings. The number of amides is 1. The number of methoxy groups -OCH3 is 1. The highest BCUT2D eigenvalue weighted by Gasteiger charge is 2.14. The van der Waals surface area contributed by atoms with Crippen LogP contribution in [-0.2, 0) is 16.1 Å². The Morgan fingerprint density at radius 2 is 2.17 bits per heavy atom. The van der Waals surface area contributed by atoms with Crippen LogP contribution in [0.15, 0.2) is 29.4 Å². The lowest BCUT2D eigenvalue weighted by Crippen LogP contribution is -2.25. The minimum absolute atomic E-state index is 0.0215. The van der Waals surface area contributed by atoms with Crippen molar-refractivity contribution in [3.63, 3.8) is 0 Å². The van der Waals surface area contributed by atoms with Gasteiger partial charge in [-0.1, -0.05) is 0 Å². The monoisotopic (exact) mass is 398 g/mol. The number of hydrogen-bond acceptors (Lipinski definition) is 8. The zero-order chi connectivity index (χ0) is 21.2. The minimum atomic E-state index is -0.523. The zero-order valence-electron chi connectivity index (χ0n) is 16.4. The normalized spacial score (nSPS) is 10.6. The Hall–Kier alpha value is -3.64. The molecule has 0 bridgehead atoms. The van der Waals surface area contributed by atoms with Crippen LogP contribution in [0.5, 0.6) is 17.4 Å². The van der Waals surface area contributed by atoms with E-state index in [9.17, 15) is 15.2 Å². The Morgan fingerprint density at radius 1 is 1.38 bits per heavy atom. The van der Waals surface area contributed by atoms with E-state index >= 15 is 0 Å². The van der Waals surface area contributed by atoms with Gasteiger partial charge in [-0.05, 0) is 43.7 Å². The standard InChI is InChI=1S/C20H22N4O5/c1-4-28-18-8-14(5-6-17(18)25)10-22-24-19(26)12-29-20-16(9-21)15(11-27-3)7-13(2)23-20/h5-8,10,25H,4,11-12H2,1-3H3,(H,24,26)/b22-10+. The maximum absolute atomic E-state index is 12.0. The van der Waals surface area contributed by atoms with Gasteiger partial charge in [-0.15, -0.1) is 0 Å². The van der Waals surface area contributed by atoms with E-state index in [4.69, 9.17) is 14.2 Å². The van der Waals surface area contributed by atoms with Gasteiger partial charge < -0.3 is 19.3 Å². The summed E-state index contributed by atoms with van der Waals surface area (Å²) >= 11 is 0. The largest absolute Gasteiger partial charge is 0.504 e. The zero-order valence-corrected chi connectivity index (χ0v) is 16.4. The first-order chi connectivity index (χ1) is 14.0. The van der Waals surface area contributed by atoms with Gasteiger partial charge in [0.25, 0.3) is 5.91 Å². The molecule has 0 fully saturated rings. The van der Waals surface area contributed by atoms with E-state index in [2.05, 4.69) is 15.5 Å². The molecule has 9 heteroatoms. The number of nitriles is 1. The summed E-state index contributed by atoms with van der Waals surface area (Å²) in [5.74, 6) is -0.107. The fourth-order valence-corrected chi connectivity index (χ4v) is 2.43. The number of hydrazone groups is 1. The van der Waals surface area contributed by atoms with Crippen molar-refractivity contribution in [1.82, 2.24) is 10.4 Å². The number of phenols is 1. The quantitative estimate of drug-likeness (QED) is 0.489. The highest BCUT2D eigenvalue weighted by molar-refractivity contribution is 5.83. The fourth-order valence-electron chi connectivity index (χ4n) is 2.43. The molecule has 29 heavy (non-hydrogen) atoms. The predicted molar refractivity (Wildman–Crippen MR) is 105 cm³/mol. The molecular formula is C20H22N4O5. The van der Waals surface area contributed by atoms with E-state index in [1.54, 1.807) is 32.0 Å². The van der Waals surface area contributed by atoms with Gasteiger partial charge in [0.2, 0.25) is 5.88 Å². The Bertz CT molecular complexity index is 937. The van der Waals surface area contributed by atoms with Crippen molar-refractivity contribution < 1.29 is 24.1 Å². The first-order valence-corrected chi connectivity index (χ1v) is 8.78. The average molecular weight is 398 g/mol. The summed E-state index contributed by atoms with van der Waals surface area (Å²) < 4.78 is 15.8. The topological polar surface area (TPSA) is 126 Å². The third-order valence-corrected chi connectivity index (χ3v) is 3.63. The number of nitrogens with one attached hydrogen (secondary N) is 1. The summed E-state index contributed by atoms with van der Waals surface area (Å²) in [4.78, 5) is 16.1. The lowest BCUT2D eigenvalue weighted by atomic mass is 10.1. The van der Waals surface area contributed by atoms with Gasteiger partial charge in [0.15, 0.2) is 18.1 Å². The van der Waals surface area contributed by atoms with Crippen molar-refractivity contribution in [3.8, 4) is 23.4 Å². The Morgan fingerprint density at radius 3 is 2.86 bits per heavy atom. The number of pyridine rings is 1. The van der Waals surface area contributed by atoms with Gasteiger partial charge in [0.05, 0.1) is 19.4 Å². The molecule has 152 valence electrons. The second-order valence-corrected chi connectivity index (χ2v) is 5.89. The minimum Gasteiger partial charge on any atom is -0.504 e. The summed E-state index contributed by atoms with van der Waals surface area (Å²) in [6, 6.07) is 8.44. The second-order valence-electron chi connectivity index (χ2n) is 5.89. The summed E-state index contributed by atoms with van der Waals surface area (Å²) in [7, 11) is 1.52. The molecule has 0 unspecified atom stereocenters. The van der Waals surface area contributed by atoms with Crippen molar-refractivity contribution in [2.24, 2.45) is 5.10 Å². The van der Waals surface area contributed by atoms with Gasteiger partial charge in [0.1, 0.15) is 11.6 Å². The highest BCUT2D eigenvalue weighted by Crippen LogP contribution is 2.26. The van der Waals surface area contributed by atoms with Crippen LogP contribution in [0.1, 0.15) is 29.3 Å². The van der Waals surface area contributed by atoms with Crippen LogP contribution in [0.2, 0.25) is 0 Å². The number of aromatic hydroxyl groups is 1. The van der Waals surface area contributed by atoms with E-state index in [1.165, 1.54) is 19.4 Å². The maximum atomic E-state index is 12.0. The first-order valence-electron chi connectivity index (χ1n) is 8.78. The third kappa shape index (κ3) is 6.19. The number of phenolic OH excluding ortho intramolecular Hbond substituents is 1. The van der Waals surface area contributed by atoms with Crippen LogP contribution in [-0.4, -0.2) is 42.5 Å². The first kappa shape index (κ1) is 21.7. The van der Waals surface area contributed by atoms with E-state index in [0.717, 1.165) is 0 Å². The molecule has 0 saturated heterocycles. The number of benzene rings is 1. The summed E-state index contributed by atoms with van der Waals surface area (Å²) in [5.41, 5.74) is 4.45. The molecule has 0 aliphatic heterocycles. The molecule has 1 amide bonds. The molecule has 1 aromatic carbocycles. The van der Waals surface area contributed by atoms with E-state index in [1.807, 2.05) is 6.07 Å². The van der Waals surface area contributed by atoms with E-state index in [0.29, 0.717) is 29.2 Å². The van der Waals surface area contributed by atoms with Crippen molar-refractivity contribution in [1.29, 1.82) is 5.26 Å². The number of carbonyl (C=O) groups excluding carboxylic acids is 1. The van der Waals surface area contributed by atoms with Crippen molar-refractivity contribution in [2.45, 2.75) is 20.5 Å². The van der Waals surface area contributed by atoms with Gasteiger partial charge >= 0.3 is 0 Å². The number of nitrogens with zero attached hydrogens (tertiary/aromatic N) is 3. The lowest BCUT2D eigenvalue weighted by molar-refractivity contribution is -0.123. The van der Waals surface area contributed by atoms with Crippen molar-refractivity contribution in [2.75, 3.05) is 20.3 Å². The molecule has 0 saturated carbocycles. The number of aromatic nitrogens is 1. The SMILES string of the molecule is CCOc1cc(/C=N/NC(=O)COc2nc(C)cc(COC)c2C#N)ccc1O. The predicted octanol–water partition coefficient (Wildman–Crippen LogP) is 2.04. The number of aryl methyl sites for hydroxylation is 1. The lowest BCUT2D eigenvalue weighted by Gasteiger charge is -2.10. The average Bonchev–Trinajstić information content (AvgIpc) is 2.69. The van der Waals surface area contributed by atoms with Crippen LogP contribution in [0.3, 0.4) is 0 Å². The molecule has 1 heterocycles. The van der Waals surface area contributed by atoms with E-state index in [-0.39, 0.29) is 30.4 Å². The molecule has 0 radical (unpaired) electrons. The summed E-state index contributed by atoms with van der Waals surface area (Å²) in [6.07, 6.45) is 1.40. The molecular weight excluding hydrogens is 376 g/mol. The molecule has 1 aromatic heterocycles. The second kappa shape index (κ2) is 10.6. The number of hydrogen-bond donors (Lipinski definition) is 2. The maximum Gasteiger partial charge on any atom is 0.278 e. The van der Waals surface area contributed by atoms with Crippen molar-refractivity contribution in [3.05, 3.63) is 46.6 Å². The molecule has 2 rings (SSSR count). The van der Waals surface area contributed by atoms with Gasteiger partial charge in [-0.2, -0.15) is 10.4 Å². The van der Waals surface area contributed by atoms with E-state index < -0.39 is 5.91 Å². The van der Waals surface area contributed by atoms with Gasteiger partial charge in [-0.25, -0.2) is 10.4 Å². The summed E-state index contributed by atoms with van der Waals surface area (Å²) in [6.45, 7) is 3.83. The third-order valence-electron chi connectivity index (χ3n) is 3.63.